The summed E-state index contributed by atoms with van der Waals surface area (Å²) in [5, 5.41) is 8.63. The number of likely N-dealkylation sites (N-methyl/N-ethyl adjacent to an activating group) is 1. The van der Waals surface area contributed by atoms with Crippen molar-refractivity contribution in [1.29, 1.82) is 0 Å². The molecule has 108 valence electrons. The van der Waals surface area contributed by atoms with Crippen LogP contribution in [0.3, 0.4) is 0 Å². The van der Waals surface area contributed by atoms with E-state index in [4.69, 9.17) is 9.84 Å². The molecule has 2 heterocycles. The van der Waals surface area contributed by atoms with Gasteiger partial charge in [-0.05, 0) is 43.5 Å². The average molecular weight is 276 g/mol. The van der Waals surface area contributed by atoms with E-state index in [0.717, 1.165) is 36.0 Å². The molecular formula is C15H20N2O3. The molecule has 0 saturated carbocycles. The van der Waals surface area contributed by atoms with Crippen LogP contribution < -0.4 is 4.90 Å². The summed E-state index contributed by atoms with van der Waals surface area (Å²) in [6.07, 6.45) is 5.56. The highest BCUT2D eigenvalue weighted by molar-refractivity contribution is 5.85. The maximum Gasteiger partial charge on any atom is 0.328 e. The van der Waals surface area contributed by atoms with Crippen LogP contribution in [0.4, 0.5) is 5.82 Å². The minimum absolute atomic E-state index is 0.202. The van der Waals surface area contributed by atoms with Gasteiger partial charge in [0.1, 0.15) is 5.82 Å². The Balaban J connectivity index is 2.19. The summed E-state index contributed by atoms with van der Waals surface area (Å²) in [6, 6.07) is 2.28. The molecule has 1 aromatic heterocycles. The Kier molecular flexibility index (Phi) is 4.39. The Morgan fingerprint density at radius 2 is 2.35 bits per heavy atom. The molecule has 5 nitrogen and oxygen atoms in total. The molecule has 0 radical (unpaired) electrons. The highest BCUT2D eigenvalue weighted by Gasteiger charge is 2.29. The van der Waals surface area contributed by atoms with Gasteiger partial charge in [0.05, 0.1) is 12.1 Å². The molecule has 20 heavy (non-hydrogen) atoms. The van der Waals surface area contributed by atoms with Gasteiger partial charge in [-0.3, -0.25) is 0 Å². The van der Waals surface area contributed by atoms with Crippen molar-refractivity contribution < 1.29 is 14.6 Å². The monoisotopic (exact) mass is 276 g/mol. The molecule has 0 bridgehead atoms. The molecule has 1 saturated heterocycles. The number of aromatic nitrogens is 1. The van der Waals surface area contributed by atoms with E-state index in [1.54, 1.807) is 12.3 Å². The predicted octanol–water partition coefficient (Wildman–Crippen LogP) is 2.10. The summed E-state index contributed by atoms with van der Waals surface area (Å²) in [4.78, 5) is 17.1. The van der Waals surface area contributed by atoms with Crippen molar-refractivity contribution in [3.05, 3.63) is 29.5 Å². The molecule has 2 atom stereocenters. The minimum Gasteiger partial charge on any atom is -0.478 e. The van der Waals surface area contributed by atoms with Gasteiger partial charge in [0.15, 0.2) is 0 Å². The van der Waals surface area contributed by atoms with Crippen molar-refractivity contribution in [3.63, 3.8) is 0 Å². The van der Waals surface area contributed by atoms with E-state index in [0.29, 0.717) is 6.04 Å². The molecule has 2 rings (SSSR count). The highest BCUT2D eigenvalue weighted by atomic mass is 16.5. The highest BCUT2D eigenvalue weighted by Crippen LogP contribution is 2.25. The van der Waals surface area contributed by atoms with Crippen LogP contribution in [0.15, 0.2) is 18.3 Å². The summed E-state index contributed by atoms with van der Waals surface area (Å²) < 4.78 is 5.59. The largest absolute Gasteiger partial charge is 0.478 e. The smallest absolute Gasteiger partial charge is 0.328 e. The summed E-state index contributed by atoms with van der Waals surface area (Å²) in [7, 11) is 2.03. The maximum atomic E-state index is 10.5. The van der Waals surface area contributed by atoms with Gasteiger partial charge in [0.25, 0.3) is 0 Å². The average Bonchev–Trinajstić information content (AvgIpc) is 2.82. The quantitative estimate of drug-likeness (QED) is 0.853. The van der Waals surface area contributed by atoms with Crippen molar-refractivity contribution in [2.75, 3.05) is 18.6 Å². The van der Waals surface area contributed by atoms with E-state index in [-0.39, 0.29) is 6.10 Å². The van der Waals surface area contributed by atoms with E-state index in [9.17, 15) is 4.79 Å². The minimum atomic E-state index is -0.958. The second-order valence-corrected chi connectivity index (χ2v) is 5.12. The van der Waals surface area contributed by atoms with Gasteiger partial charge in [0, 0.05) is 25.9 Å². The fourth-order valence-electron chi connectivity index (χ4n) is 2.60. The Morgan fingerprint density at radius 3 is 2.90 bits per heavy atom. The van der Waals surface area contributed by atoms with Gasteiger partial charge in [-0.25, -0.2) is 9.78 Å². The zero-order chi connectivity index (χ0) is 14.7. The number of ether oxygens (including phenoxy) is 1. The lowest BCUT2D eigenvalue weighted by atomic mass is 10.1. The van der Waals surface area contributed by atoms with Gasteiger partial charge in [-0.1, -0.05) is 0 Å². The number of nitrogens with zero attached hydrogens (tertiary/aromatic N) is 2. The number of aliphatic carboxylic acids is 1. The summed E-state index contributed by atoms with van der Waals surface area (Å²) in [6.45, 7) is 4.85. The number of rotatable bonds is 4. The lowest BCUT2D eigenvalue weighted by Crippen LogP contribution is -2.37. The molecule has 2 unspecified atom stereocenters. The molecule has 1 aromatic rings. The first kappa shape index (κ1) is 14.5. The predicted molar refractivity (Wildman–Crippen MR) is 77.9 cm³/mol. The fraction of sp³-hybridized carbons (Fsp3) is 0.467. The first-order valence-electron chi connectivity index (χ1n) is 6.71. The third kappa shape index (κ3) is 3.17. The third-order valence-corrected chi connectivity index (χ3v) is 3.66. The van der Waals surface area contributed by atoms with Crippen LogP contribution in [0.25, 0.3) is 6.08 Å². The number of aryl methyl sites for hydroxylation is 1. The van der Waals surface area contributed by atoms with E-state index < -0.39 is 5.97 Å². The van der Waals surface area contributed by atoms with Gasteiger partial charge in [-0.2, -0.15) is 0 Å². The molecule has 0 amide bonds. The van der Waals surface area contributed by atoms with Gasteiger partial charge in [0.2, 0.25) is 0 Å². The van der Waals surface area contributed by atoms with Crippen molar-refractivity contribution >= 4 is 17.9 Å². The number of hydrogen-bond donors (Lipinski definition) is 1. The fourth-order valence-corrected chi connectivity index (χ4v) is 2.60. The third-order valence-electron chi connectivity index (χ3n) is 3.66. The van der Waals surface area contributed by atoms with Gasteiger partial charge < -0.3 is 14.7 Å². The van der Waals surface area contributed by atoms with Gasteiger partial charge >= 0.3 is 5.97 Å². The molecule has 0 aliphatic carbocycles. The molecular weight excluding hydrogens is 256 g/mol. The van der Waals surface area contributed by atoms with E-state index >= 15 is 0 Å². The van der Waals surface area contributed by atoms with Crippen LogP contribution in [0.1, 0.15) is 24.5 Å². The second-order valence-electron chi connectivity index (χ2n) is 5.12. The van der Waals surface area contributed by atoms with Crippen molar-refractivity contribution in [1.82, 2.24) is 4.98 Å². The number of carbonyl (C=O) groups is 1. The van der Waals surface area contributed by atoms with Crippen LogP contribution in [0.5, 0.6) is 0 Å². The molecule has 1 aliphatic heterocycles. The van der Waals surface area contributed by atoms with Crippen molar-refractivity contribution in [3.8, 4) is 0 Å². The SMILES string of the molecule is Cc1cc(/C=C/C(=O)O)cnc1N(C)C1CCOC1C. The van der Waals surface area contributed by atoms with Gasteiger partial charge in [-0.15, -0.1) is 0 Å². The Morgan fingerprint density at radius 1 is 1.60 bits per heavy atom. The van der Waals surface area contributed by atoms with Crippen LogP contribution in [0, 0.1) is 6.92 Å². The number of pyridine rings is 1. The lowest BCUT2D eigenvalue weighted by Gasteiger charge is -2.29. The standard InChI is InChI=1S/C15H20N2O3/c1-10-8-12(4-5-14(18)19)9-16-15(10)17(3)13-6-7-20-11(13)2/h4-5,8-9,11,13H,6-7H2,1-3H3,(H,18,19)/b5-4+. The Labute approximate surface area is 118 Å². The maximum absolute atomic E-state index is 10.5. The molecule has 0 spiro atoms. The van der Waals surface area contributed by atoms with Crippen LogP contribution >= 0.6 is 0 Å². The van der Waals surface area contributed by atoms with E-state index in [1.807, 2.05) is 20.0 Å². The Hall–Kier alpha value is -1.88. The molecule has 0 aromatic carbocycles. The zero-order valence-corrected chi connectivity index (χ0v) is 12.0. The Bertz CT molecular complexity index is 528. The normalized spacial score (nSPS) is 22.4. The number of hydrogen-bond acceptors (Lipinski definition) is 4. The number of carboxylic acids is 1. The number of anilines is 1. The van der Waals surface area contributed by atoms with Crippen molar-refractivity contribution in [2.45, 2.75) is 32.4 Å². The van der Waals surface area contributed by atoms with E-state index in [1.165, 1.54) is 0 Å². The summed E-state index contributed by atoms with van der Waals surface area (Å²) in [5.41, 5.74) is 1.82. The number of carboxylic acid groups (broad SMARTS) is 1. The zero-order valence-electron chi connectivity index (χ0n) is 12.0. The lowest BCUT2D eigenvalue weighted by molar-refractivity contribution is -0.131. The van der Waals surface area contributed by atoms with Crippen LogP contribution in [-0.4, -0.2) is 41.9 Å². The molecule has 1 aliphatic rings. The summed E-state index contributed by atoms with van der Waals surface area (Å²) in [5.74, 6) is -0.0411. The molecule has 1 N–H and O–H groups in total. The van der Waals surface area contributed by atoms with Crippen LogP contribution in [0.2, 0.25) is 0 Å². The molecule has 5 heteroatoms. The van der Waals surface area contributed by atoms with Crippen LogP contribution in [-0.2, 0) is 9.53 Å². The second kappa shape index (κ2) is 6.05. The topological polar surface area (TPSA) is 62.7 Å². The summed E-state index contributed by atoms with van der Waals surface area (Å²) >= 11 is 0. The van der Waals surface area contributed by atoms with E-state index in [2.05, 4.69) is 16.8 Å². The molecule has 1 fully saturated rings. The van der Waals surface area contributed by atoms with Crippen molar-refractivity contribution in [2.24, 2.45) is 0 Å². The first-order chi connectivity index (χ1) is 9.49. The first-order valence-corrected chi connectivity index (χ1v) is 6.71.